The molecule has 0 spiro atoms. The molecule has 5 rings (SSSR count). The van der Waals surface area contributed by atoms with Gasteiger partial charge in [0.25, 0.3) is 0 Å². The number of aromatic hydroxyl groups is 1. The predicted molar refractivity (Wildman–Crippen MR) is 160 cm³/mol. The van der Waals surface area contributed by atoms with Gasteiger partial charge in [-0.3, -0.25) is 4.90 Å². The smallest absolute Gasteiger partial charge is 0.176 e. The van der Waals surface area contributed by atoms with Gasteiger partial charge in [-0.1, -0.05) is 18.6 Å². The van der Waals surface area contributed by atoms with Crippen LogP contribution in [-0.4, -0.2) is 65.6 Å². The number of likely N-dealkylation sites (tertiary alicyclic amines) is 1. The second-order valence-electron chi connectivity index (χ2n) is 10.4. The van der Waals surface area contributed by atoms with Crippen LogP contribution in [0.3, 0.4) is 0 Å². The van der Waals surface area contributed by atoms with E-state index in [9.17, 15) is 21.9 Å². The van der Waals surface area contributed by atoms with E-state index in [0.717, 1.165) is 43.3 Å². The van der Waals surface area contributed by atoms with E-state index in [4.69, 9.17) is 9.47 Å². The van der Waals surface area contributed by atoms with Crippen molar-refractivity contribution in [2.75, 3.05) is 38.8 Å². The molecular weight excluding hydrogens is 562 g/mol. The first-order valence-electron chi connectivity index (χ1n) is 13.4. The molecule has 0 aliphatic carbocycles. The van der Waals surface area contributed by atoms with Crippen LogP contribution in [0.1, 0.15) is 19.3 Å². The molecule has 8 nitrogen and oxygen atoms in total. The molecule has 1 aliphatic rings. The number of sulfone groups is 2. The molecule has 0 aromatic heterocycles. The third-order valence-electron chi connectivity index (χ3n) is 7.18. The van der Waals surface area contributed by atoms with Gasteiger partial charge in [-0.2, -0.15) is 0 Å². The summed E-state index contributed by atoms with van der Waals surface area (Å²) in [6.45, 7) is 3.72. The molecule has 4 aromatic rings. The molecule has 0 bridgehead atoms. The molecule has 216 valence electrons. The number of nitrogens with zero attached hydrogens (tertiary/aromatic N) is 1. The monoisotopic (exact) mass is 595 g/mol. The van der Waals surface area contributed by atoms with E-state index >= 15 is 0 Å². The summed E-state index contributed by atoms with van der Waals surface area (Å²) >= 11 is 0. The number of benzene rings is 4. The largest absolute Gasteiger partial charge is 0.508 e. The Labute approximate surface area is 241 Å². The molecule has 0 saturated carbocycles. The summed E-state index contributed by atoms with van der Waals surface area (Å²) in [6, 6.07) is 20.0. The van der Waals surface area contributed by atoms with E-state index in [-0.39, 0.29) is 15.5 Å². The molecule has 0 radical (unpaired) electrons. The van der Waals surface area contributed by atoms with Crippen LogP contribution in [0, 0.1) is 0 Å². The summed E-state index contributed by atoms with van der Waals surface area (Å²) in [5, 5.41) is 11.4. The lowest BCUT2D eigenvalue weighted by Crippen LogP contribution is -2.33. The number of piperidine rings is 1. The SMILES string of the molecule is CS(=O)(=O)c1ccc(-c2ccc3cc(O)ccc3c2Oc2ccc(OCCN3CCCCC3)cc2)cc1S(C)(=O)=O. The minimum Gasteiger partial charge on any atom is -0.508 e. The van der Waals surface area contributed by atoms with E-state index in [1.54, 1.807) is 48.5 Å². The van der Waals surface area contributed by atoms with Crippen molar-refractivity contribution < 1.29 is 31.4 Å². The number of hydrogen-bond donors (Lipinski definition) is 1. The number of phenolic OH excluding ortho intramolecular Hbond substituents is 1. The molecule has 1 heterocycles. The van der Waals surface area contributed by atoms with Crippen LogP contribution in [0.4, 0.5) is 0 Å². The average Bonchev–Trinajstić information content (AvgIpc) is 2.93. The quantitative estimate of drug-likeness (QED) is 0.263. The Morgan fingerprint density at radius 2 is 1.44 bits per heavy atom. The molecule has 1 N–H and O–H groups in total. The van der Waals surface area contributed by atoms with Crippen LogP contribution in [-0.2, 0) is 19.7 Å². The number of fused-ring (bicyclic) bond motifs is 1. The fourth-order valence-corrected chi connectivity index (χ4v) is 7.52. The maximum absolute atomic E-state index is 12.6. The average molecular weight is 596 g/mol. The molecule has 1 aliphatic heterocycles. The Morgan fingerprint density at radius 1 is 0.756 bits per heavy atom. The van der Waals surface area contributed by atoms with E-state index in [2.05, 4.69) is 4.90 Å². The summed E-state index contributed by atoms with van der Waals surface area (Å²) in [5.41, 5.74) is 1.04. The van der Waals surface area contributed by atoms with Gasteiger partial charge in [0.2, 0.25) is 0 Å². The van der Waals surface area contributed by atoms with Gasteiger partial charge in [0.05, 0.1) is 9.79 Å². The highest BCUT2D eigenvalue weighted by molar-refractivity contribution is 7.93. The Balaban J connectivity index is 1.48. The van der Waals surface area contributed by atoms with E-state index < -0.39 is 19.7 Å². The molecule has 1 saturated heterocycles. The molecule has 0 amide bonds. The summed E-state index contributed by atoms with van der Waals surface area (Å²) < 4.78 is 62.1. The Kier molecular flexibility index (Phi) is 8.26. The van der Waals surface area contributed by atoms with E-state index in [1.807, 2.05) is 12.1 Å². The minimum absolute atomic E-state index is 0.0964. The molecular formula is C31H33NO7S2. The van der Waals surface area contributed by atoms with Crippen molar-refractivity contribution in [3.8, 4) is 34.1 Å². The second kappa shape index (κ2) is 11.7. The number of phenols is 1. The predicted octanol–water partition coefficient (Wildman–Crippen LogP) is 5.68. The van der Waals surface area contributed by atoms with Gasteiger partial charge in [0, 0.05) is 30.0 Å². The standard InChI is InChI=1S/C31H33NO7S2/c1-40(34,35)29-15-7-23(21-30(29)41(2,36)37)27-13-6-22-20-24(33)8-14-28(22)31(27)39-26-11-9-25(10-12-26)38-19-18-32-16-4-3-5-17-32/h6-15,20-21,33H,3-5,16-19H2,1-2H3. The molecule has 1 fully saturated rings. The Hall–Kier alpha value is -3.60. The van der Waals surface area contributed by atoms with Crippen LogP contribution >= 0.6 is 0 Å². The van der Waals surface area contributed by atoms with Crippen LogP contribution in [0.15, 0.2) is 82.6 Å². The van der Waals surface area contributed by atoms with Gasteiger partial charge >= 0.3 is 0 Å². The van der Waals surface area contributed by atoms with Crippen molar-refractivity contribution in [2.24, 2.45) is 0 Å². The maximum Gasteiger partial charge on any atom is 0.176 e. The van der Waals surface area contributed by atoms with Gasteiger partial charge in [-0.05, 0) is 97.5 Å². The zero-order chi connectivity index (χ0) is 29.2. The van der Waals surface area contributed by atoms with Crippen molar-refractivity contribution in [3.05, 3.63) is 72.8 Å². The molecule has 4 aromatic carbocycles. The molecule has 41 heavy (non-hydrogen) atoms. The van der Waals surface area contributed by atoms with Gasteiger partial charge in [0.15, 0.2) is 19.7 Å². The number of rotatable bonds is 9. The zero-order valence-corrected chi connectivity index (χ0v) is 24.7. The van der Waals surface area contributed by atoms with Gasteiger partial charge in [0.1, 0.15) is 29.6 Å². The highest BCUT2D eigenvalue weighted by atomic mass is 32.2. The highest BCUT2D eigenvalue weighted by Crippen LogP contribution is 2.42. The summed E-state index contributed by atoms with van der Waals surface area (Å²) in [5.74, 6) is 1.80. The molecule has 0 unspecified atom stereocenters. The lowest BCUT2D eigenvalue weighted by molar-refractivity contribution is 0.183. The van der Waals surface area contributed by atoms with E-state index in [0.29, 0.717) is 34.6 Å². The summed E-state index contributed by atoms with van der Waals surface area (Å²) in [4.78, 5) is 1.88. The van der Waals surface area contributed by atoms with Crippen molar-refractivity contribution >= 4 is 30.4 Å². The van der Waals surface area contributed by atoms with Crippen LogP contribution in [0.25, 0.3) is 21.9 Å². The maximum atomic E-state index is 12.6. The van der Waals surface area contributed by atoms with Crippen LogP contribution < -0.4 is 9.47 Å². The first kappa shape index (κ1) is 28.9. The normalized spacial score (nSPS) is 14.7. The van der Waals surface area contributed by atoms with Crippen LogP contribution in [0.2, 0.25) is 0 Å². The first-order valence-corrected chi connectivity index (χ1v) is 17.2. The van der Waals surface area contributed by atoms with Crippen molar-refractivity contribution in [1.82, 2.24) is 4.90 Å². The fourth-order valence-electron chi connectivity index (χ4n) is 5.10. The topological polar surface area (TPSA) is 110 Å². The lowest BCUT2D eigenvalue weighted by Gasteiger charge is -2.26. The first-order chi connectivity index (χ1) is 19.5. The molecule has 0 atom stereocenters. The van der Waals surface area contributed by atoms with Crippen molar-refractivity contribution in [2.45, 2.75) is 29.1 Å². The van der Waals surface area contributed by atoms with Crippen molar-refractivity contribution in [1.29, 1.82) is 0 Å². The second-order valence-corrected chi connectivity index (χ2v) is 14.3. The zero-order valence-electron chi connectivity index (χ0n) is 23.0. The summed E-state index contributed by atoms with van der Waals surface area (Å²) in [6.07, 6.45) is 5.73. The highest BCUT2D eigenvalue weighted by Gasteiger charge is 2.23. The Bertz CT molecular complexity index is 1780. The van der Waals surface area contributed by atoms with Gasteiger partial charge in [-0.15, -0.1) is 0 Å². The fraction of sp³-hybridized carbons (Fsp3) is 0.290. The molecule has 10 heteroatoms. The summed E-state index contributed by atoms with van der Waals surface area (Å²) in [7, 11) is -7.64. The van der Waals surface area contributed by atoms with E-state index in [1.165, 1.54) is 31.4 Å². The third-order valence-corrected chi connectivity index (χ3v) is 9.60. The third kappa shape index (κ3) is 6.83. The minimum atomic E-state index is -3.86. The van der Waals surface area contributed by atoms with Gasteiger partial charge in [-0.25, -0.2) is 16.8 Å². The number of ether oxygens (including phenoxy) is 2. The van der Waals surface area contributed by atoms with Crippen molar-refractivity contribution in [3.63, 3.8) is 0 Å². The van der Waals surface area contributed by atoms with Gasteiger partial charge < -0.3 is 14.6 Å². The van der Waals surface area contributed by atoms with Crippen LogP contribution in [0.5, 0.6) is 23.0 Å². The number of hydrogen-bond acceptors (Lipinski definition) is 8. The Morgan fingerprint density at radius 3 is 2.12 bits per heavy atom. The lowest BCUT2D eigenvalue weighted by atomic mass is 9.99.